The number of nitrogens with zero attached hydrogens (tertiary/aromatic N) is 1. The van der Waals surface area contributed by atoms with Gasteiger partial charge >= 0.3 is 0 Å². The maximum absolute atomic E-state index is 6.22. The Kier molecular flexibility index (Phi) is 4.29. The number of nitrogen functional groups attached to an aromatic ring is 1. The van der Waals surface area contributed by atoms with Crippen molar-refractivity contribution in [3.63, 3.8) is 0 Å². The number of aromatic nitrogens is 1. The van der Waals surface area contributed by atoms with Gasteiger partial charge in [0.1, 0.15) is 10.7 Å². The van der Waals surface area contributed by atoms with E-state index in [4.69, 9.17) is 10.7 Å². The van der Waals surface area contributed by atoms with Gasteiger partial charge in [0, 0.05) is 11.5 Å². The molecular formula is C18H24N2S. The Hall–Kier alpha value is -1.35. The summed E-state index contributed by atoms with van der Waals surface area (Å²) in [6.07, 6.45) is 6.35. The Morgan fingerprint density at radius 2 is 1.86 bits per heavy atom. The summed E-state index contributed by atoms with van der Waals surface area (Å²) in [5.74, 6) is 1.33. The SMILES string of the molecule is CC(C)Cc1ccc(-c2nc(C3CCCC3)sc2N)cc1. The van der Waals surface area contributed by atoms with Gasteiger partial charge in [0.05, 0.1) is 5.01 Å². The lowest BCUT2D eigenvalue weighted by atomic mass is 10.0. The zero-order valence-electron chi connectivity index (χ0n) is 12.9. The second-order valence-corrected chi connectivity index (χ2v) is 7.60. The smallest absolute Gasteiger partial charge is 0.114 e. The van der Waals surface area contributed by atoms with Gasteiger partial charge in [0.15, 0.2) is 0 Å². The van der Waals surface area contributed by atoms with Crippen LogP contribution in [-0.2, 0) is 6.42 Å². The fraction of sp³-hybridized carbons (Fsp3) is 0.500. The molecule has 0 amide bonds. The number of anilines is 1. The lowest BCUT2D eigenvalue weighted by Gasteiger charge is -2.06. The van der Waals surface area contributed by atoms with Crippen molar-refractivity contribution in [2.45, 2.75) is 51.9 Å². The summed E-state index contributed by atoms with van der Waals surface area (Å²) in [6.45, 7) is 4.50. The Morgan fingerprint density at radius 3 is 2.48 bits per heavy atom. The molecule has 0 bridgehead atoms. The minimum atomic E-state index is 0.645. The van der Waals surface area contributed by atoms with Crippen molar-refractivity contribution in [3.05, 3.63) is 34.8 Å². The highest BCUT2D eigenvalue weighted by atomic mass is 32.1. The first kappa shape index (κ1) is 14.6. The molecule has 1 aromatic heterocycles. The molecule has 1 fully saturated rings. The van der Waals surface area contributed by atoms with Gasteiger partial charge in [-0.15, -0.1) is 11.3 Å². The Bertz CT molecular complexity index is 592. The van der Waals surface area contributed by atoms with Gasteiger partial charge in [0.25, 0.3) is 0 Å². The minimum Gasteiger partial charge on any atom is -0.389 e. The molecule has 0 unspecified atom stereocenters. The maximum atomic E-state index is 6.22. The summed E-state index contributed by atoms with van der Waals surface area (Å²) in [7, 11) is 0. The molecule has 1 heterocycles. The topological polar surface area (TPSA) is 38.9 Å². The van der Waals surface area contributed by atoms with Crippen molar-refractivity contribution in [1.82, 2.24) is 4.98 Å². The molecule has 112 valence electrons. The molecule has 0 atom stereocenters. The van der Waals surface area contributed by atoms with E-state index in [1.165, 1.54) is 36.3 Å². The third-order valence-electron chi connectivity index (χ3n) is 4.25. The van der Waals surface area contributed by atoms with Gasteiger partial charge in [-0.2, -0.15) is 0 Å². The van der Waals surface area contributed by atoms with E-state index in [-0.39, 0.29) is 0 Å². The summed E-state index contributed by atoms with van der Waals surface area (Å²) >= 11 is 1.69. The monoisotopic (exact) mass is 300 g/mol. The van der Waals surface area contributed by atoms with Crippen LogP contribution in [0.4, 0.5) is 5.00 Å². The summed E-state index contributed by atoms with van der Waals surface area (Å²) < 4.78 is 0. The van der Waals surface area contributed by atoms with Crippen LogP contribution >= 0.6 is 11.3 Å². The molecule has 1 aliphatic rings. The van der Waals surface area contributed by atoms with Crippen molar-refractivity contribution in [2.75, 3.05) is 5.73 Å². The van der Waals surface area contributed by atoms with Crippen LogP contribution in [0.5, 0.6) is 0 Å². The fourth-order valence-corrected chi connectivity index (χ4v) is 4.20. The van der Waals surface area contributed by atoms with E-state index >= 15 is 0 Å². The first-order valence-electron chi connectivity index (χ1n) is 7.99. The summed E-state index contributed by atoms with van der Waals surface area (Å²) in [5.41, 5.74) is 9.74. The second-order valence-electron chi connectivity index (χ2n) is 6.54. The third kappa shape index (κ3) is 3.29. The quantitative estimate of drug-likeness (QED) is 0.837. The lowest BCUT2D eigenvalue weighted by Crippen LogP contribution is -1.94. The zero-order valence-corrected chi connectivity index (χ0v) is 13.7. The molecule has 3 rings (SSSR count). The van der Waals surface area contributed by atoms with Crippen molar-refractivity contribution in [3.8, 4) is 11.3 Å². The second kappa shape index (κ2) is 6.18. The maximum Gasteiger partial charge on any atom is 0.114 e. The number of rotatable bonds is 4. The van der Waals surface area contributed by atoms with E-state index in [0.717, 1.165) is 22.7 Å². The average Bonchev–Trinajstić information content (AvgIpc) is 3.08. The van der Waals surface area contributed by atoms with Crippen molar-refractivity contribution in [2.24, 2.45) is 5.92 Å². The van der Waals surface area contributed by atoms with Gasteiger partial charge in [0.2, 0.25) is 0 Å². The van der Waals surface area contributed by atoms with Crippen molar-refractivity contribution < 1.29 is 0 Å². The van der Waals surface area contributed by atoms with Gasteiger partial charge in [-0.05, 0) is 30.7 Å². The summed E-state index contributed by atoms with van der Waals surface area (Å²) in [6, 6.07) is 8.76. The normalized spacial score (nSPS) is 16.0. The molecule has 0 spiro atoms. The molecule has 0 saturated heterocycles. The number of benzene rings is 1. The molecule has 2 N–H and O–H groups in total. The first-order chi connectivity index (χ1) is 10.1. The third-order valence-corrected chi connectivity index (χ3v) is 5.29. The van der Waals surface area contributed by atoms with Crippen LogP contribution in [0, 0.1) is 5.92 Å². The fourth-order valence-electron chi connectivity index (χ4n) is 3.17. The van der Waals surface area contributed by atoms with E-state index < -0.39 is 0 Å². The number of hydrogen-bond acceptors (Lipinski definition) is 3. The molecule has 2 aromatic rings. The molecule has 21 heavy (non-hydrogen) atoms. The van der Waals surface area contributed by atoms with E-state index in [9.17, 15) is 0 Å². The van der Waals surface area contributed by atoms with Gasteiger partial charge in [-0.3, -0.25) is 0 Å². The predicted molar refractivity (Wildman–Crippen MR) is 91.7 cm³/mol. The predicted octanol–water partition coefficient (Wildman–Crippen LogP) is 5.25. The largest absolute Gasteiger partial charge is 0.389 e. The molecular weight excluding hydrogens is 276 g/mol. The highest BCUT2D eigenvalue weighted by molar-refractivity contribution is 7.16. The molecule has 1 saturated carbocycles. The van der Waals surface area contributed by atoms with E-state index in [1.807, 2.05) is 0 Å². The number of hydrogen-bond donors (Lipinski definition) is 1. The molecule has 0 radical (unpaired) electrons. The summed E-state index contributed by atoms with van der Waals surface area (Å²) in [4.78, 5) is 4.85. The Morgan fingerprint density at radius 1 is 1.19 bits per heavy atom. The zero-order chi connectivity index (χ0) is 14.8. The van der Waals surface area contributed by atoms with Crippen LogP contribution in [-0.4, -0.2) is 4.98 Å². The number of thiazole rings is 1. The van der Waals surface area contributed by atoms with Gasteiger partial charge < -0.3 is 5.73 Å². The molecule has 3 heteroatoms. The average molecular weight is 300 g/mol. The Labute approximate surface area is 131 Å². The molecule has 1 aliphatic carbocycles. The standard InChI is InChI=1S/C18H24N2S/c1-12(2)11-13-7-9-14(10-8-13)16-17(19)21-18(20-16)15-5-3-4-6-15/h7-10,12,15H,3-6,11,19H2,1-2H3. The van der Waals surface area contributed by atoms with E-state index in [0.29, 0.717) is 11.8 Å². The highest BCUT2D eigenvalue weighted by Gasteiger charge is 2.22. The van der Waals surface area contributed by atoms with Crippen LogP contribution < -0.4 is 5.73 Å². The summed E-state index contributed by atoms with van der Waals surface area (Å²) in [5, 5.41) is 2.11. The van der Waals surface area contributed by atoms with Crippen molar-refractivity contribution in [1.29, 1.82) is 0 Å². The van der Waals surface area contributed by atoms with Crippen LogP contribution in [0.15, 0.2) is 24.3 Å². The van der Waals surface area contributed by atoms with Crippen molar-refractivity contribution >= 4 is 16.3 Å². The van der Waals surface area contributed by atoms with Gasteiger partial charge in [-0.25, -0.2) is 4.98 Å². The first-order valence-corrected chi connectivity index (χ1v) is 8.80. The molecule has 2 nitrogen and oxygen atoms in total. The van der Waals surface area contributed by atoms with E-state index in [2.05, 4.69) is 38.1 Å². The molecule has 1 aromatic carbocycles. The highest BCUT2D eigenvalue weighted by Crippen LogP contribution is 2.40. The number of nitrogens with two attached hydrogens (primary N) is 1. The van der Waals surface area contributed by atoms with Crippen LogP contribution in [0.3, 0.4) is 0 Å². The van der Waals surface area contributed by atoms with E-state index in [1.54, 1.807) is 11.3 Å². The van der Waals surface area contributed by atoms with Gasteiger partial charge in [-0.1, -0.05) is 51.0 Å². The molecule has 0 aliphatic heterocycles. The van der Waals surface area contributed by atoms with Crippen LogP contribution in [0.25, 0.3) is 11.3 Å². The van der Waals surface area contributed by atoms with Crippen LogP contribution in [0.2, 0.25) is 0 Å². The lowest BCUT2D eigenvalue weighted by molar-refractivity contribution is 0.647. The van der Waals surface area contributed by atoms with Crippen LogP contribution in [0.1, 0.15) is 56.0 Å². The minimum absolute atomic E-state index is 0.645. The Balaban J connectivity index is 1.82.